The maximum absolute atomic E-state index is 12.6. The summed E-state index contributed by atoms with van der Waals surface area (Å²) in [5.74, 6) is -0.725. The van der Waals surface area contributed by atoms with Gasteiger partial charge in [0.1, 0.15) is 0 Å². The summed E-state index contributed by atoms with van der Waals surface area (Å²) in [6.07, 6.45) is 1.57. The Morgan fingerprint density at radius 1 is 1.00 bits per heavy atom. The standard InChI is InChI=1S/C20H20N2O6/c1-2-27-19(23)13-6-17(15-10-26-11-15)22-18(7-13)28-20(24)12-3-4-21-16(5-12)14-8-25-9-14/h3-7,14-15H,2,8-11H2,1H3. The molecular weight excluding hydrogens is 364 g/mol. The maximum atomic E-state index is 12.6. The number of hydrogen-bond donors (Lipinski definition) is 0. The van der Waals surface area contributed by atoms with Crippen LogP contribution in [0.15, 0.2) is 30.5 Å². The number of esters is 2. The molecule has 4 rings (SSSR count). The second-order valence-electron chi connectivity index (χ2n) is 6.67. The third kappa shape index (κ3) is 3.88. The highest BCUT2D eigenvalue weighted by molar-refractivity contribution is 5.92. The molecule has 2 aliphatic rings. The van der Waals surface area contributed by atoms with Gasteiger partial charge in [-0.25, -0.2) is 14.6 Å². The first-order valence-electron chi connectivity index (χ1n) is 9.16. The topological polar surface area (TPSA) is 96.8 Å². The first kappa shape index (κ1) is 18.5. The van der Waals surface area contributed by atoms with Crippen LogP contribution in [-0.2, 0) is 14.2 Å². The van der Waals surface area contributed by atoms with Crippen molar-refractivity contribution in [1.82, 2.24) is 9.97 Å². The Balaban J connectivity index is 1.56. The van der Waals surface area contributed by atoms with Crippen molar-refractivity contribution in [3.05, 3.63) is 53.0 Å². The van der Waals surface area contributed by atoms with Gasteiger partial charge in [0.05, 0.1) is 49.9 Å². The number of carbonyl (C=O) groups excluding carboxylic acids is 2. The second-order valence-corrected chi connectivity index (χ2v) is 6.67. The van der Waals surface area contributed by atoms with E-state index in [9.17, 15) is 9.59 Å². The van der Waals surface area contributed by atoms with Crippen LogP contribution >= 0.6 is 0 Å². The van der Waals surface area contributed by atoms with Crippen molar-refractivity contribution in [2.75, 3.05) is 33.0 Å². The number of rotatable bonds is 6. The Hall–Kier alpha value is -2.84. The molecule has 28 heavy (non-hydrogen) atoms. The number of pyridine rings is 2. The van der Waals surface area contributed by atoms with E-state index in [1.54, 1.807) is 31.3 Å². The van der Waals surface area contributed by atoms with Crippen molar-refractivity contribution in [3.8, 4) is 5.88 Å². The minimum Gasteiger partial charge on any atom is -0.462 e. The Bertz CT molecular complexity index is 892. The van der Waals surface area contributed by atoms with Crippen molar-refractivity contribution in [2.24, 2.45) is 0 Å². The molecule has 2 aliphatic heterocycles. The van der Waals surface area contributed by atoms with Gasteiger partial charge in [0.15, 0.2) is 0 Å². The molecular formula is C20H20N2O6. The van der Waals surface area contributed by atoms with Gasteiger partial charge in [-0.3, -0.25) is 4.98 Å². The maximum Gasteiger partial charge on any atom is 0.344 e. The third-order valence-corrected chi connectivity index (χ3v) is 4.66. The molecule has 0 atom stereocenters. The highest BCUT2D eigenvalue weighted by atomic mass is 16.5. The average molecular weight is 384 g/mol. The molecule has 2 saturated heterocycles. The minimum atomic E-state index is -0.562. The zero-order chi connectivity index (χ0) is 19.5. The van der Waals surface area contributed by atoms with Gasteiger partial charge >= 0.3 is 11.9 Å². The van der Waals surface area contributed by atoms with E-state index in [0.29, 0.717) is 43.2 Å². The Labute approximate surface area is 161 Å². The Morgan fingerprint density at radius 2 is 1.68 bits per heavy atom. The fourth-order valence-electron chi connectivity index (χ4n) is 2.88. The lowest BCUT2D eigenvalue weighted by molar-refractivity contribution is 0.00635. The normalized spacial score (nSPS) is 16.8. The van der Waals surface area contributed by atoms with Gasteiger partial charge in [-0.1, -0.05) is 0 Å². The predicted octanol–water partition coefficient (Wildman–Crippen LogP) is 2.10. The average Bonchev–Trinajstić information content (AvgIpc) is 2.59. The predicted molar refractivity (Wildman–Crippen MR) is 96.5 cm³/mol. The van der Waals surface area contributed by atoms with Crippen molar-refractivity contribution >= 4 is 11.9 Å². The summed E-state index contributed by atoms with van der Waals surface area (Å²) >= 11 is 0. The molecule has 0 saturated carbocycles. The molecule has 2 aromatic rings. The van der Waals surface area contributed by atoms with Crippen molar-refractivity contribution in [3.63, 3.8) is 0 Å². The molecule has 2 aromatic heterocycles. The number of carbonyl (C=O) groups is 2. The van der Waals surface area contributed by atoms with E-state index in [1.807, 2.05) is 0 Å². The summed E-state index contributed by atoms with van der Waals surface area (Å²) in [4.78, 5) is 33.4. The van der Waals surface area contributed by atoms with Crippen LogP contribution in [0, 0.1) is 0 Å². The van der Waals surface area contributed by atoms with E-state index in [0.717, 1.165) is 5.69 Å². The smallest absolute Gasteiger partial charge is 0.344 e. The lowest BCUT2D eigenvalue weighted by Crippen LogP contribution is -2.27. The zero-order valence-corrected chi connectivity index (χ0v) is 15.4. The summed E-state index contributed by atoms with van der Waals surface area (Å²) in [6.45, 7) is 4.22. The van der Waals surface area contributed by atoms with Gasteiger partial charge in [-0.05, 0) is 25.1 Å². The quantitative estimate of drug-likeness (QED) is 0.699. The van der Waals surface area contributed by atoms with Gasteiger partial charge < -0.3 is 18.9 Å². The number of aromatic nitrogens is 2. The summed E-state index contributed by atoms with van der Waals surface area (Å²) in [6, 6.07) is 6.36. The van der Waals surface area contributed by atoms with Crippen LogP contribution in [-0.4, -0.2) is 54.9 Å². The first-order valence-corrected chi connectivity index (χ1v) is 9.16. The highest BCUT2D eigenvalue weighted by Crippen LogP contribution is 2.27. The molecule has 2 fully saturated rings. The molecule has 0 radical (unpaired) electrons. The second kappa shape index (κ2) is 8.04. The van der Waals surface area contributed by atoms with Gasteiger partial charge in [-0.2, -0.15) is 0 Å². The van der Waals surface area contributed by atoms with E-state index in [1.165, 1.54) is 6.07 Å². The molecule has 0 N–H and O–H groups in total. The summed E-state index contributed by atoms with van der Waals surface area (Å²) in [5, 5.41) is 0. The van der Waals surface area contributed by atoms with E-state index in [4.69, 9.17) is 18.9 Å². The first-order chi connectivity index (χ1) is 13.6. The lowest BCUT2D eigenvalue weighted by Gasteiger charge is -2.26. The molecule has 0 unspecified atom stereocenters. The van der Waals surface area contributed by atoms with Gasteiger partial charge in [0.2, 0.25) is 5.88 Å². The lowest BCUT2D eigenvalue weighted by atomic mass is 10.0. The number of nitrogens with zero attached hydrogens (tertiary/aromatic N) is 2. The van der Waals surface area contributed by atoms with Crippen LogP contribution < -0.4 is 4.74 Å². The molecule has 0 aromatic carbocycles. The Morgan fingerprint density at radius 3 is 2.32 bits per heavy atom. The van der Waals surface area contributed by atoms with Gasteiger partial charge in [0.25, 0.3) is 0 Å². The van der Waals surface area contributed by atoms with Crippen LogP contribution in [0.1, 0.15) is 50.9 Å². The van der Waals surface area contributed by atoms with Crippen LogP contribution in [0.3, 0.4) is 0 Å². The summed E-state index contributed by atoms with van der Waals surface area (Å²) < 4.78 is 20.9. The number of ether oxygens (including phenoxy) is 4. The van der Waals surface area contributed by atoms with Crippen molar-refractivity contribution < 1.29 is 28.5 Å². The van der Waals surface area contributed by atoms with Crippen molar-refractivity contribution in [1.29, 1.82) is 0 Å². The van der Waals surface area contributed by atoms with Crippen LogP contribution in [0.2, 0.25) is 0 Å². The zero-order valence-electron chi connectivity index (χ0n) is 15.4. The summed E-state index contributed by atoms with van der Waals surface area (Å²) in [7, 11) is 0. The van der Waals surface area contributed by atoms with Crippen molar-refractivity contribution in [2.45, 2.75) is 18.8 Å². The molecule has 0 amide bonds. The third-order valence-electron chi connectivity index (χ3n) is 4.66. The molecule has 0 spiro atoms. The highest BCUT2D eigenvalue weighted by Gasteiger charge is 2.26. The van der Waals surface area contributed by atoms with Crippen LogP contribution in [0.5, 0.6) is 5.88 Å². The van der Waals surface area contributed by atoms with Crippen LogP contribution in [0.25, 0.3) is 0 Å². The monoisotopic (exact) mass is 384 g/mol. The molecule has 146 valence electrons. The Kier molecular flexibility index (Phi) is 5.31. The van der Waals surface area contributed by atoms with E-state index in [2.05, 4.69) is 9.97 Å². The molecule has 0 bridgehead atoms. The molecule has 8 nitrogen and oxygen atoms in total. The van der Waals surface area contributed by atoms with E-state index in [-0.39, 0.29) is 24.3 Å². The number of hydrogen-bond acceptors (Lipinski definition) is 8. The van der Waals surface area contributed by atoms with E-state index < -0.39 is 11.9 Å². The van der Waals surface area contributed by atoms with Gasteiger partial charge in [0, 0.05) is 29.8 Å². The molecule has 0 aliphatic carbocycles. The fraction of sp³-hybridized carbons (Fsp3) is 0.400. The van der Waals surface area contributed by atoms with Crippen LogP contribution in [0.4, 0.5) is 0 Å². The molecule has 4 heterocycles. The minimum absolute atomic E-state index is 0.0581. The molecule has 8 heteroatoms. The van der Waals surface area contributed by atoms with Gasteiger partial charge in [-0.15, -0.1) is 0 Å². The van der Waals surface area contributed by atoms with E-state index >= 15 is 0 Å². The summed E-state index contributed by atoms with van der Waals surface area (Å²) in [5.41, 5.74) is 2.10. The SMILES string of the molecule is CCOC(=O)c1cc(OC(=O)c2ccnc(C3COC3)c2)nc(C2COC2)c1. The fourth-order valence-corrected chi connectivity index (χ4v) is 2.88. The largest absolute Gasteiger partial charge is 0.462 e.